The molecule has 0 saturated heterocycles. The molecule has 0 aromatic heterocycles. The number of carbonyl (C=O) groups is 1. The number of hydrogen-bond donors (Lipinski definition) is 1. The van der Waals surface area contributed by atoms with Crippen molar-refractivity contribution >= 4 is 5.91 Å². The fourth-order valence-corrected chi connectivity index (χ4v) is 2.65. The van der Waals surface area contributed by atoms with Crippen molar-refractivity contribution in [1.29, 1.82) is 0 Å². The largest absolute Gasteiger partial charge is 0.481 e. The molecule has 2 aromatic rings. The number of nitrogens with one attached hydrogen (secondary N) is 1. The van der Waals surface area contributed by atoms with Crippen LogP contribution in [0.2, 0.25) is 0 Å². The van der Waals surface area contributed by atoms with Crippen LogP contribution in [0, 0.1) is 6.92 Å². The van der Waals surface area contributed by atoms with Crippen molar-refractivity contribution < 1.29 is 9.53 Å². The third kappa shape index (κ3) is 5.93. The molecule has 3 heteroatoms. The first-order valence-corrected chi connectivity index (χ1v) is 9.06. The van der Waals surface area contributed by atoms with Gasteiger partial charge in [-0.2, -0.15) is 0 Å². The summed E-state index contributed by atoms with van der Waals surface area (Å²) >= 11 is 0. The molecular weight excluding hydrogens is 310 g/mol. The molecule has 0 aliphatic carbocycles. The molecule has 0 fully saturated rings. The van der Waals surface area contributed by atoms with E-state index in [1.165, 1.54) is 11.1 Å². The maximum Gasteiger partial charge on any atom is 0.260 e. The molecule has 0 radical (unpaired) electrons. The summed E-state index contributed by atoms with van der Waals surface area (Å²) in [6.45, 7) is 8.82. The number of hydrogen-bond acceptors (Lipinski definition) is 2. The number of amides is 1. The average molecular weight is 339 g/mol. The van der Waals surface area contributed by atoms with Crippen LogP contribution in [0.25, 0.3) is 0 Å². The lowest BCUT2D eigenvalue weighted by Gasteiger charge is -2.16. The smallest absolute Gasteiger partial charge is 0.260 e. The van der Waals surface area contributed by atoms with E-state index >= 15 is 0 Å². The van der Waals surface area contributed by atoms with E-state index in [4.69, 9.17) is 4.74 Å². The number of para-hydroxylation sites is 1. The van der Waals surface area contributed by atoms with E-state index in [0.717, 1.165) is 24.2 Å². The number of benzene rings is 2. The lowest BCUT2D eigenvalue weighted by molar-refractivity contribution is -0.127. The molecule has 134 valence electrons. The highest BCUT2D eigenvalue weighted by molar-refractivity contribution is 5.80. The summed E-state index contributed by atoms with van der Waals surface area (Å²) < 4.78 is 5.75. The Morgan fingerprint density at radius 1 is 1.04 bits per heavy atom. The van der Waals surface area contributed by atoms with Gasteiger partial charge in [0.15, 0.2) is 6.10 Å². The van der Waals surface area contributed by atoms with Crippen molar-refractivity contribution in [2.45, 2.75) is 52.6 Å². The third-order valence-electron chi connectivity index (χ3n) is 4.35. The van der Waals surface area contributed by atoms with Gasteiger partial charge in [0, 0.05) is 6.54 Å². The van der Waals surface area contributed by atoms with Crippen molar-refractivity contribution in [2.75, 3.05) is 6.54 Å². The second-order valence-electron chi connectivity index (χ2n) is 6.82. The Kier molecular flexibility index (Phi) is 7.05. The van der Waals surface area contributed by atoms with Crippen LogP contribution in [-0.4, -0.2) is 18.6 Å². The van der Waals surface area contributed by atoms with Crippen molar-refractivity contribution in [3.8, 4) is 5.75 Å². The summed E-state index contributed by atoms with van der Waals surface area (Å²) in [5.41, 5.74) is 3.70. The van der Waals surface area contributed by atoms with Gasteiger partial charge in [0.1, 0.15) is 5.75 Å². The highest BCUT2D eigenvalue weighted by atomic mass is 16.5. The van der Waals surface area contributed by atoms with Crippen molar-refractivity contribution in [3.05, 3.63) is 65.2 Å². The van der Waals surface area contributed by atoms with E-state index in [9.17, 15) is 4.79 Å². The zero-order chi connectivity index (χ0) is 18.2. The Balaban J connectivity index is 1.72. The summed E-state index contributed by atoms with van der Waals surface area (Å²) in [4.78, 5) is 12.2. The topological polar surface area (TPSA) is 38.3 Å². The van der Waals surface area contributed by atoms with Gasteiger partial charge in [-0.05, 0) is 55.4 Å². The lowest BCUT2D eigenvalue weighted by atomic mass is 10.0. The fraction of sp³-hybridized carbons (Fsp3) is 0.409. The summed E-state index contributed by atoms with van der Waals surface area (Å²) in [6, 6.07) is 16.5. The molecule has 3 nitrogen and oxygen atoms in total. The molecule has 1 atom stereocenters. The maximum atomic E-state index is 12.2. The van der Waals surface area contributed by atoms with Crippen LogP contribution >= 0.6 is 0 Å². The monoisotopic (exact) mass is 339 g/mol. The number of ether oxygens (including phenoxy) is 1. The molecule has 0 aliphatic heterocycles. The van der Waals surface area contributed by atoms with Gasteiger partial charge in [-0.1, -0.05) is 56.3 Å². The Morgan fingerprint density at radius 3 is 2.36 bits per heavy atom. The van der Waals surface area contributed by atoms with E-state index in [0.29, 0.717) is 12.5 Å². The van der Waals surface area contributed by atoms with Crippen LogP contribution in [0.1, 0.15) is 49.8 Å². The van der Waals surface area contributed by atoms with Gasteiger partial charge < -0.3 is 10.1 Å². The molecule has 1 amide bonds. The van der Waals surface area contributed by atoms with Gasteiger partial charge >= 0.3 is 0 Å². The molecular formula is C22H29NO2. The minimum Gasteiger partial charge on any atom is -0.481 e. The third-order valence-corrected chi connectivity index (χ3v) is 4.35. The van der Waals surface area contributed by atoms with E-state index in [2.05, 4.69) is 43.4 Å². The molecule has 0 heterocycles. The van der Waals surface area contributed by atoms with Crippen LogP contribution in [0.15, 0.2) is 48.5 Å². The van der Waals surface area contributed by atoms with Crippen LogP contribution in [0.5, 0.6) is 5.75 Å². The second kappa shape index (κ2) is 9.26. The minimum absolute atomic E-state index is 0.0709. The van der Waals surface area contributed by atoms with Gasteiger partial charge in [-0.25, -0.2) is 0 Å². The molecule has 2 aromatic carbocycles. The standard InChI is InChI=1S/C22H29NO2/c1-16(2)20-13-11-19(12-14-20)9-7-15-23-22(24)18(4)25-21-10-6-5-8-17(21)3/h5-6,8,10-14,16,18H,7,9,15H2,1-4H3,(H,23,24). The van der Waals surface area contributed by atoms with Crippen molar-refractivity contribution in [3.63, 3.8) is 0 Å². The maximum absolute atomic E-state index is 12.2. The summed E-state index contributed by atoms with van der Waals surface area (Å²) in [6.07, 6.45) is 1.39. The Bertz CT molecular complexity index is 677. The highest BCUT2D eigenvalue weighted by Gasteiger charge is 2.14. The second-order valence-corrected chi connectivity index (χ2v) is 6.82. The van der Waals surface area contributed by atoms with E-state index in [1.807, 2.05) is 31.2 Å². The van der Waals surface area contributed by atoms with Crippen LogP contribution in [0.4, 0.5) is 0 Å². The molecule has 1 N–H and O–H groups in total. The molecule has 0 saturated carbocycles. The fourth-order valence-electron chi connectivity index (χ4n) is 2.65. The van der Waals surface area contributed by atoms with E-state index in [1.54, 1.807) is 6.92 Å². The quantitative estimate of drug-likeness (QED) is 0.712. The molecule has 0 bridgehead atoms. The zero-order valence-electron chi connectivity index (χ0n) is 15.7. The summed E-state index contributed by atoms with van der Waals surface area (Å²) in [5, 5.41) is 2.96. The summed E-state index contributed by atoms with van der Waals surface area (Å²) in [5.74, 6) is 1.25. The number of rotatable bonds is 8. The molecule has 0 aliphatic rings. The van der Waals surface area contributed by atoms with Gasteiger partial charge in [0.2, 0.25) is 0 Å². The first-order chi connectivity index (χ1) is 12.0. The Morgan fingerprint density at radius 2 is 1.72 bits per heavy atom. The number of aryl methyl sites for hydroxylation is 2. The number of carbonyl (C=O) groups excluding carboxylic acids is 1. The van der Waals surface area contributed by atoms with Gasteiger partial charge in [-0.15, -0.1) is 0 Å². The van der Waals surface area contributed by atoms with Crippen molar-refractivity contribution in [2.24, 2.45) is 0 Å². The zero-order valence-corrected chi connectivity index (χ0v) is 15.7. The van der Waals surface area contributed by atoms with Gasteiger partial charge in [0.25, 0.3) is 5.91 Å². The molecule has 2 rings (SSSR count). The van der Waals surface area contributed by atoms with Crippen LogP contribution < -0.4 is 10.1 Å². The van der Waals surface area contributed by atoms with Gasteiger partial charge in [-0.3, -0.25) is 4.79 Å². The normalized spacial score (nSPS) is 12.0. The lowest BCUT2D eigenvalue weighted by Crippen LogP contribution is -2.37. The van der Waals surface area contributed by atoms with E-state index in [-0.39, 0.29) is 5.91 Å². The SMILES string of the molecule is Cc1ccccc1OC(C)C(=O)NCCCc1ccc(C(C)C)cc1. The molecule has 25 heavy (non-hydrogen) atoms. The minimum atomic E-state index is -0.494. The predicted octanol–water partition coefficient (Wildman–Crippen LogP) is 4.63. The van der Waals surface area contributed by atoms with E-state index < -0.39 is 6.10 Å². The predicted molar refractivity (Wildman–Crippen MR) is 103 cm³/mol. The first-order valence-electron chi connectivity index (χ1n) is 9.06. The van der Waals surface area contributed by atoms with Crippen molar-refractivity contribution in [1.82, 2.24) is 5.32 Å². The van der Waals surface area contributed by atoms with Crippen LogP contribution in [0.3, 0.4) is 0 Å². The molecule has 1 unspecified atom stereocenters. The Hall–Kier alpha value is -2.29. The van der Waals surface area contributed by atoms with Gasteiger partial charge in [0.05, 0.1) is 0 Å². The highest BCUT2D eigenvalue weighted by Crippen LogP contribution is 2.18. The average Bonchev–Trinajstić information content (AvgIpc) is 2.60. The summed E-state index contributed by atoms with van der Waals surface area (Å²) in [7, 11) is 0. The Labute approximate surface area is 151 Å². The van der Waals surface area contributed by atoms with Crippen LogP contribution in [-0.2, 0) is 11.2 Å². The molecule has 0 spiro atoms. The first kappa shape index (κ1) is 19.0.